The van der Waals surface area contributed by atoms with Crippen molar-refractivity contribution in [2.24, 2.45) is 0 Å². The fourth-order valence-electron chi connectivity index (χ4n) is 1.51. The molecule has 0 saturated carbocycles. The molecule has 4 heteroatoms. The van der Waals surface area contributed by atoms with Crippen LogP contribution in [0.5, 0.6) is 0 Å². The fraction of sp³-hybridized carbons (Fsp3) is 0.462. The number of carbonyl (C=O) groups is 1. The van der Waals surface area contributed by atoms with E-state index in [1.165, 1.54) is 5.56 Å². The average molecular weight is 236 g/mol. The predicted molar refractivity (Wildman–Crippen MR) is 69.3 cm³/mol. The second-order valence-electron chi connectivity index (χ2n) is 4.01. The number of nitrogens with one attached hydrogen (secondary N) is 2. The van der Waals surface area contributed by atoms with Crippen molar-refractivity contribution >= 4 is 11.7 Å². The van der Waals surface area contributed by atoms with Gasteiger partial charge in [0.25, 0.3) is 0 Å². The van der Waals surface area contributed by atoms with Crippen molar-refractivity contribution in [1.82, 2.24) is 5.32 Å². The van der Waals surface area contributed by atoms with Crippen LogP contribution < -0.4 is 10.6 Å². The SMILES string of the molecule is CCc1ccc(NC(=O)NC(C)COC)cc1. The Balaban J connectivity index is 2.44. The first-order valence-corrected chi connectivity index (χ1v) is 5.81. The van der Waals surface area contributed by atoms with Crippen LogP contribution in [0.25, 0.3) is 0 Å². The van der Waals surface area contributed by atoms with Crippen LogP contribution >= 0.6 is 0 Å². The zero-order valence-electron chi connectivity index (χ0n) is 10.6. The molecule has 0 spiro atoms. The fourth-order valence-corrected chi connectivity index (χ4v) is 1.51. The van der Waals surface area contributed by atoms with Gasteiger partial charge < -0.3 is 15.4 Å². The third-order valence-corrected chi connectivity index (χ3v) is 2.41. The predicted octanol–water partition coefficient (Wildman–Crippen LogP) is 2.41. The number of methoxy groups -OCH3 is 1. The Hall–Kier alpha value is -1.55. The molecule has 1 aromatic carbocycles. The van der Waals surface area contributed by atoms with Gasteiger partial charge in [-0.05, 0) is 31.0 Å². The largest absolute Gasteiger partial charge is 0.383 e. The number of carbonyl (C=O) groups excluding carboxylic acids is 1. The Morgan fingerprint density at radius 3 is 2.53 bits per heavy atom. The summed E-state index contributed by atoms with van der Waals surface area (Å²) in [6.45, 7) is 4.49. The maximum Gasteiger partial charge on any atom is 0.319 e. The monoisotopic (exact) mass is 236 g/mol. The first kappa shape index (κ1) is 13.5. The van der Waals surface area contributed by atoms with Crippen LogP contribution in [0.1, 0.15) is 19.4 Å². The molecule has 17 heavy (non-hydrogen) atoms. The molecule has 1 aromatic rings. The minimum absolute atomic E-state index is 0.00471. The summed E-state index contributed by atoms with van der Waals surface area (Å²) in [6, 6.07) is 7.61. The average Bonchev–Trinajstić information content (AvgIpc) is 2.30. The second kappa shape index (κ2) is 6.91. The smallest absolute Gasteiger partial charge is 0.319 e. The number of rotatable bonds is 5. The van der Waals surface area contributed by atoms with Gasteiger partial charge in [0.2, 0.25) is 0 Å². The molecule has 1 atom stereocenters. The van der Waals surface area contributed by atoms with Gasteiger partial charge in [0, 0.05) is 12.8 Å². The molecule has 0 radical (unpaired) electrons. The number of amides is 2. The quantitative estimate of drug-likeness (QED) is 0.824. The van der Waals surface area contributed by atoms with Crippen molar-refractivity contribution in [2.45, 2.75) is 26.3 Å². The summed E-state index contributed by atoms with van der Waals surface area (Å²) in [5.74, 6) is 0. The summed E-state index contributed by atoms with van der Waals surface area (Å²) in [5, 5.41) is 5.56. The Kier molecular flexibility index (Phi) is 5.49. The van der Waals surface area contributed by atoms with E-state index in [-0.39, 0.29) is 12.1 Å². The summed E-state index contributed by atoms with van der Waals surface area (Å²) in [4.78, 5) is 11.6. The third-order valence-electron chi connectivity index (χ3n) is 2.41. The van der Waals surface area contributed by atoms with E-state index in [4.69, 9.17) is 4.74 Å². The number of aryl methyl sites for hydroxylation is 1. The molecule has 0 aromatic heterocycles. The van der Waals surface area contributed by atoms with Gasteiger partial charge >= 0.3 is 6.03 Å². The maximum atomic E-state index is 11.6. The van der Waals surface area contributed by atoms with E-state index in [0.717, 1.165) is 12.1 Å². The molecule has 0 aliphatic carbocycles. The van der Waals surface area contributed by atoms with Crippen LogP contribution in [0.2, 0.25) is 0 Å². The molecule has 0 fully saturated rings. The summed E-state index contributed by atoms with van der Waals surface area (Å²) >= 11 is 0. The van der Waals surface area contributed by atoms with Gasteiger partial charge in [0.1, 0.15) is 0 Å². The van der Waals surface area contributed by atoms with E-state index in [1.807, 2.05) is 31.2 Å². The van der Waals surface area contributed by atoms with E-state index in [9.17, 15) is 4.79 Å². The lowest BCUT2D eigenvalue weighted by Crippen LogP contribution is -2.38. The number of benzene rings is 1. The molecule has 94 valence electrons. The van der Waals surface area contributed by atoms with Crippen LogP contribution in [0.3, 0.4) is 0 Å². The molecule has 0 bridgehead atoms. The first-order chi connectivity index (χ1) is 8.15. The van der Waals surface area contributed by atoms with Gasteiger partial charge in [-0.3, -0.25) is 0 Å². The molecule has 0 aliphatic rings. The highest BCUT2D eigenvalue weighted by atomic mass is 16.5. The van der Waals surface area contributed by atoms with E-state index in [0.29, 0.717) is 6.61 Å². The lowest BCUT2D eigenvalue weighted by Gasteiger charge is -2.13. The van der Waals surface area contributed by atoms with Gasteiger partial charge in [-0.1, -0.05) is 19.1 Å². The van der Waals surface area contributed by atoms with Crippen LogP contribution in [0.4, 0.5) is 10.5 Å². The van der Waals surface area contributed by atoms with E-state index in [2.05, 4.69) is 17.6 Å². The van der Waals surface area contributed by atoms with Crippen molar-refractivity contribution in [3.63, 3.8) is 0 Å². The minimum atomic E-state index is -0.209. The van der Waals surface area contributed by atoms with Crippen molar-refractivity contribution < 1.29 is 9.53 Å². The van der Waals surface area contributed by atoms with Crippen molar-refractivity contribution in [1.29, 1.82) is 0 Å². The van der Waals surface area contributed by atoms with Crippen LogP contribution in [0.15, 0.2) is 24.3 Å². The molecule has 2 amide bonds. The summed E-state index contributed by atoms with van der Waals surface area (Å²) in [6.07, 6.45) is 0.997. The normalized spacial score (nSPS) is 11.9. The Morgan fingerprint density at radius 1 is 1.35 bits per heavy atom. The lowest BCUT2D eigenvalue weighted by atomic mass is 10.1. The highest BCUT2D eigenvalue weighted by Gasteiger charge is 2.06. The van der Waals surface area contributed by atoms with E-state index < -0.39 is 0 Å². The Morgan fingerprint density at radius 2 is 2.00 bits per heavy atom. The molecule has 0 heterocycles. The first-order valence-electron chi connectivity index (χ1n) is 5.81. The highest BCUT2D eigenvalue weighted by Crippen LogP contribution is 2.09. The topological polar surface area (TPSA) is 50.4 Å². The highest BCUT2D eigenvalue weighted by molar-refractivity contribution is 5.89. The lowest BCUT2D eigenvalue weighted by molar-refractivity contribution is 0.173. The molecular formula is C13H20N2O2. The Labute approximate surface area is 102 Å². The van der Waals surface area contributed by atoms with Gasteiger partial charge in [-0.2, -0.15) is 0 Å². The standard InChI is InChI=1S/C13H20N2O2/c1-4-11-5-7-12(8-6-11)15-13(16)14-10(2)9-17-3/h5-8,10H,4,9H2,1-3H3,(H2,14,15,16). The van der Waals surface area contributed by atoms with Gasteiger partial charge in [-0.15, -0.1) is 0 Å². The van der Waals surface area contributed by atoms with E-state index >= 15 is 0 Å². The molecule has 0 saturated heterocycles. The third kappa shape index (κ3) is 4.87. The zero-order chi connectivity index (χ0) is 12.7. The van der Waals surface area contributed by atoms with Crippen LogP contribution in [-0.2, 0) is 11.2 Å². The van der Waals surface area contributed by atoms with Crippen molar-refractivity contribution in [3.05, 3.63) is 29.8 Å². The van der Waals surface area contributed by atoms with Crippen LogP contribution in [0, 0.1) is 0 Å². The maximum absolute atomic E-state index is 11.6. The minimum Gasteiger partial charge on any atom is -0.383 e. The molecule has 2 N–H and O–H groups in total. The Bertz CT molecular complexity index is 349. The van der Waals surface area contributed by atoms with Crippen LogP contribution in [-0.4, -0.2) is 25.8 Å². The van der Waals surface area contributed by atoms with Gasteiger partial charge in [0.15, 0.2) is 0 Å². The summed E-state index contributed by atoms with van der Waals surface area (Å²) in [5.41, 5.74) is 2.05. The molecule has 4 nitrogen and oxygen atoms in total. The molecule has 1 rings (SSSR count). The molecular weight excluding hydrogens is 216 g/mol. The molecule has 1 unspecified atom stereocenters. The van der Waals surface area contributed by atoms with Gasteiger partial charge in [0.05, 0.1) is 12.6 Å². The molecule has 0 aliphatic heterocycles. The summed E-state index contributed by atoms with van der Waals surface area (Å²) in [7, 11) is 1.61. The van der Waals surface area contributed by atoms with Crippen molar-refractivity contribution in [2.75, 3.05) is 19.0 Å². The second-order valence-corrected chi connectivity index (χ2v) is 4.01. The number of hydrogen-bond acceptors (Lipinski definition) is 2. The van der Waals surface area contributed by atoms with Crippen molar-refractivity contribution in [3.8, 4) is 0 Å². The van der Waals surface area contributed by atoms with Gasteiger partial charge in [-0.25, -0.2) is 4.79 Å². The van der Waals surface area contributed by atoms with E-state index in [1.54, 1.807) is 7.11 Å². The number of hydrogen-bond donors (Lipinski definition) is 2. The number of anilines is 1. The number of ether oxygens (including phenoxy) is 1. The number of urea groups is 1. The summed E-state index contributed by atoms with van der Waals surface area (Å²) < 4.78 is 4.94. The zero-order valence-corrected chi connectivity index (χ0v) is 10.6.